The van der Waals surface area contributed by atoms with Gasteiger partial charge in [0.25, 0.3) is 0 Å². The minimum Gasteiger partial charge on any atom is -0.366 e. The average Bonchev–Trinajstić information content (AvgIpc) is 3.36. The predicted molar refractivity (Wildman–Crippen MR) is 279 cm³/mol. The first-order chi connectivity index (χ1) is 31.2. The summed E-state index contributed by atoms with van der Waals surface area (Å²) in [7, 11) is -1.69. The van der Waals surface area contributed by atoms with E-state index in [1.165, 1.54) is 81.0 Å². The van der Waals surface area contributed by atoms with E-state index in [0.717, 1.165) is 21.9 Å². The molecular weight excluding hydrogens is 1190 g/mol. The summed E-state index contributed by atoms with van der Waals surface area (Å²) in [6.07, 6.45) is 15.0. The van der Waals surface area contributed by atoms with Crippen LogP contribution in [0.3, 0.4) is 0 Å². The molecule has 0 radical (unpaired) electrons. The average molecular weight is 1230 g/mol. The van der Waals surface area contributed by atoms with Crippen molar-refractivity contribution in [2.45, 2.75) is 0 Å². The van der Waals surface area contributed by atoms with E-state index in [-0.39, 0.29) is 44.8 Å². The van der Waals surface area contributed by atoms with Gasteiger partial charge in [-0.15, -0.1) is 23.3 Å². The first-order valence-corrected chi connectivity index (χ1v) is 24.7. The van der Waals surface area contributed by atoms with Crippen LogP contribution in [0.5, 0.6) is 0 Å². The van der Waals surface area contributed by atoms with Gasteiger partial charge in [0.2, 0.25) is 0 Å². The molecule has 0 N–H and O–H groups in total. The molecule has 316 valence electrons. The minimum atomic E-state index is -0.847. The van der Waals surface area contributed by atoms with Gasteiger partial charge in [0, 0.05) is 0 Å². The van der Waals surface area contributed by atoms with E-state index in [1.807, 2.05) is 12.1 Å². The van der Waals surface area contributed by atoms with Crippen LogP contribution in [0, 0.1) is 24.7 Å². The second kappa shape index (κ2) is 21.0. The zero-order chi connectivity index (χ0) is 42.5. The summed E-state index contributed by atoms with van der Waals surface area (Å²) >= 11 is 0. The standard InChI is InChI=1S/C25H22P2.2C18H9.2Au/c1-5-13-22(14-6-1)26(23-15-7-2-8-16-23)21-27(24-17-9-3-10-18-24)25-19-11-4-12-20-25;2*1-2-12-11-15-7-3-5-13-9-10-14-6-4-8-16(12)18(14)17(13)15;;/h1-20H,21H2;2*3-11H;;/q;2*-1;2*+1/p+2. The number of hydrogen-bond acceptors (Lipinski definition) is 0. The van der Waals surface area contributed by atoms with E-state index >= 15 is 0 Å². The van der Waals surface area contributed by atoms with Gasteiger partial charge in [-0.2, -0.15) is 0 Å². The summed E-state index contributed by atoms with van der Waals surface area (Å²) in [6.45, 7) is 0. The monoisotopic (exact) mass is 1230 g/mol. The Bertz CT molecular complexity index is 3240. The van der Waals surface area contributed by atoms with Crippen molar-refractivity contribution in [3.05, 3.63) is 254 Å². The van der Waals surface area contributed by atoms with E-state index < -0.39 is 15.8 Å². The maximum atomic E-state index is 7.48. The van der Waals surface area contributed by atoms with Crippen molar-refractivity contribution < 1.29 is 44.8 Å². The summed E-state index contributed by atoms with van der Waals surface area (Å²) in [6, 6.07) is 82.3. The molecule has 0 aliphatic heterocycles. The molecule has 0 heterocycles. The smallest absolute Gasteiger partial charge is 0.366 e. The van der Waals surface area contributed by atoms with Crippen molar-refractivity contribution in [1.82, 2.24) is 0 Å². The third-order valence-corrected chi connectivity index (χ3v) is 19.1. The van der Waals surface area contributed by atoms with E-state index in [4.69, 9.17) is 12.8 Å². The van der Waals surface area contributed by atoms with Crippen LogP contribution in [0.4, 0.5) is 0 Å². The number of hydrogen-bond donors (Lipinski definition) is 0. The van der Waals surface area contributed by atoms with Crippen molar-refractivity contribution in [3.63, 3.8) is 0 Å². The van der Waals surface area contributed by atoms with Crippen molar-refractivity contribution in [2.75, 3.05) is 5.90 Å². The Balaban J connectivity index is 0.000000135. The molecule has 0 fully saturated rings. The first-order valence-electron chi connectivity index (χ1n) is 21.3. The maximum absolute atomic E-state index is 7.48. The van der Waals surface area contributed by atoms with Gasteiger partial charge in [-0.25, -0.2) is 0 Å². The van der Waals surface area contributed by atoms with E-state index in [9.17, 15) is 0 Å². The Morgan fingerprint density at radius 3 is 0.877 bits per heavy atom. The second-order valence-electron chi connectivity index (χ2n) is 15.8. The summed E-state index contributed by atoms with van der Waals surface area (Å²) in [5.41, 5.74) is 1.73. The van der Waals surface area contributed by atoms with E-state index in [1.54, 1.807) is 0 Å². The van der Waals surface area contributed by atoms with Crippen LogP contribution in [0.25, 0.3) is 64.6 Å². The summed E-state index contributed by atoms with van der Waals surface area (Å²) in [5, 5.41) is 20.7. The summed E-state index contributed by atoms with van der Waals surface area (Å²) in [4.78, 5) is 0. The Hall–Kier alpha value is -5.82. The fraction of sp³-hybridized carbons (Fsp3) is 0.0164. The molecule has 12 rings (SSSR count). The Labute approximate surface area is 415 Å². The van der Waals surface area contributed by atoms with Crippen molar-refractivity contribution in [3.8, 4) is 11.8 Å². The number of benzene rings is 12. The topological polar surface area (TPSA) is 0 Å². The van der Waals surface area contributed by atoms with Gasteiger partial charge in [-0.3, -0.25) is 11.8 Å². The summed E-state index contributed by atoms with van der Waals surface area (Å²) < 4.78 is 0. The zero-order valence-corrected chi connectivity index (χ0v) is 41.6. The van der Waals surface area contributed by atoms with Gasteiger partial charge in [0.05, 0.1) is 0 Å². The molecule has 0 unspecified atom stereocenters. The Morgan fingerprint density at radius 1 is 0.292 bits per heavy atom. The third kappa shape index (κ3) is 9.34. The van der Waals surface area contributed by atoms with Gasteiger partial charge in [-0.05, 0) is 102 Å². The molecule has 0 nitrogen and oxygen atoms in total. The molecule has 65 heavy (non-hydrogen) atoms. The van der Waals surface area contributed by atoms with Gasteiger partial charge < -0.3 is 12.8 Å². The Morgan fingerprint density at radius 2 is 0.569 bits per heavy atom. The normalized spacial score (nSPS) is 10.8. The molecule has 0 bridgehead atoms. The maximum Gasteiger partial charge on any atom is 1.00 e. The minimum absolute atomic E-state index is 0. The van der Waals surface area contributed by atoms with Crippen LogP contribution >= 0.6 is 15.8 Å². The van der Waals surface area contributed by atoms with E-state index in [0.29, 0.717) is 0 Å². The zero-order valence-electron chi connectivity index (χ0n) is 35.2. The quantitative estimate of drug-likeness (QED) is 0.0512. The van der Waals surface area contributed by atoms with Crippen LogP contribution in [0.2, 0.25) is 0 Å². The SMILES string of the molecule is [Au+].[Au+].[C-]#Cc1cc2cccc3ccc4cccc1c4c32.[C-]#Cc1cc2cccc3ccc4cccc1c4c32.c1ccc([PH+](C[PH+](c2ccccc2)c2ccccc2)c2ccccc2)cc1. The second-order valence-corrected chi connectivity index (χ2v) is 21.4. The van der Waals surface area contributed by atoms with Crippen molar-refractivity contribution >= 4 is 102 Å². The van der Waals surface area contributed by atoms with Crippen LogP contribution in [-0.4, -0.2) is 5.90 Å². The van der Waals surface area contributed by atoms with Gasteiger partial charge in [0.1, 0.15) is 37.1 Å². The largest absolute Gasteiger partial charge is 1.00 e. The van der Waals surface area contributed by atoms with Crippen LogP contribution in [0.1, 0.15) is 11.1 Å². The first kappa shape index (κ1) is 45.7. The molecule has 0 aliphatic carbocycles. The predicted octanol–water partition coefficient (Wildman–Crippen LogP) is 13.7. The van der Waals surface area contributed by atoms with Crippen LogP contribution < -0.4 is 21.2 Å². The third-order valence-electron chi connectivity index (χ3n) is 12.1. The number of rotatable bonds is 6. The van der Waals surface area contributed by atoms with Crippen LogP contribution in [0.15, 0.2) is 231 Å². The molecule has 4 heteroatoms. The molecule has 0 atom stereocenters. The molecule has 0 amide bonds. The molecule has 12 aromatic rings. The van der Waals surface area contributed by atoms with Crippen molar-refractivity contribution in [2.24, 2.45) is 0 Å². The van der Waals surface area contributed by atoms with Gasteiger partial charge in [-0.1, -0.05) is 181 Å². The van der Waals surface area contributed by atoms with E-state index in [2.05, 4.69) is 230 Å². The van der Waals surface area contributed by atoms with Crippen molar-refractivity contribution in [1.29, 1.82) is 0 Å². The van der Waals surface area contributed by atoms with Gasteiger partial charge >= 0.3 is 44.8 Å². The summed E-state index contributed by atoms with van der Waals surface area (Å²) in [5.74, 6) is 6.36. The molecule has 0 saturated carbocycles. The van der Waals surface area contributed by atoms with Gasteiger partial charge in [0.15, 0.2) is 5.90 Å². The molecule has 12 aromatic carbocycles. The van der Waals surface area contributed by atoms with Crippen LogP contribution in [-0.2, 0) is 44.8 Å². The molecule has 0 aromatic heterocycles. The molecule has 0 saturated heterocycles. The molecular formula is C61H42Au2P2+2. The fourth-order valence-corrected chi connectivity index (χ4v) is 16.9. The Kier molecular flexibility index (Phi) is 14.8. The molecule has 0 aliphatic rings. The molecule has 0 spiro atoms. The fourth-order valence-electron chi connectivity index (χ4n) is 9.21.